The Morgan fingerprint density at radius 3 is 2.65 bits per heavy atom. The zero-order chi connectivity index (χ0) is 24.8. The van der Waals surface area contributed by atoms with E-state index >= 15 is 0 Å². The van der Waals surface area contributed by atoms with Crippen molar-refractivity contribution >= 4 is 23.5 Å². The molecule has 2 rings (SSSR count). The highest BCUT2D eigenvalue weighted by Gasteiger charge is 2.15. The van der Waals surface area contributed by atoms with Crippen molar-refractivity contribution in [2.45, 2.75) is 51.9 Å². The zero-order valence-corrected chi connectivity index (χ0v) is 19.4. The lowest BCUT2D eigenvalue weighted by atomic mass is 9.98. The Hall–Kier alpha value is -3.68. The van der Waals surface area contributed by atoms with Gasteiger partial charge in [-0.05, 0) is 55.0 Å². The Morgan fingerprint density at radius 2 is 1.91 bits per heavy atom. The minimum Gasteiger partial charge on any atom is -0.491 e. The maximum Gasteiger partial charge on any atom is 0.307 e. The highest BCUT2D eigenvalue weighted by molar-refractivity contribution is 6.04. The smallest absolute Gasteiger partial charge is 0.307 e. The van der Waals surface area contributed by atoms with Crippen LogP contribution in [0.3, 0.4) is 0 Å². The second-order valence-corrected chi connectivity index (χ2v) is 7.97. The summed E-state index contributed by atoms with van der Waals surface area (Å²) in [5.74, 6) is -1.42. The van der Waals surface area contributed by atoms with Crippen LogP contribution in [0.15, 0.2) is 54.7 Å². The van der Waals surface area contributed by atoms with Gasteiger partial charge < -0.3 is 20.3 Å². The molecule has 3 N–H and O–H groups in total. The number of anilines is 1. The summed E-state index contributed by atoms with van der Waals surface area (Å²) in [6, 6.07) is 10.1. The van der Waals surface area contributed by atoms with Gasteiger partial charge in [-0.25, -0.2) is 4.98 Å². The quantitative estimate of drug-likeness (QED) is 0.249. The minimum atomic E-state index is -0.941. The largest absolute Gasteiger partial charge is 0.491 e. The average Bonchev–Trinajstić information content (AvgIpc) is 2.80. The number of benzene rings is 1. The minimum absolute atomic E-state index is 0.0547. The first-order valence-corrected chi connectivity index (χ1v) is 11.5. The molecular weight excluding hydrogens is 436 g/mol. The highest BCUT2D eigenvalue weighted by atomic mass is 16.5. The maximum atomic E-state index is 12.7. The Morgan fingerprint density at radius 1 is 1.09 bits per heavy atom. The second kappa shape index (κ2) is 14.5. The molecule has 8 heteroatoms. The summed E-state index contributed by atoms with van der Waals surface area (Å²) in [5.41, 5.74) is 1.24. The molecule has 1 unspecified atom stereocenters. The molecule has 0 fully saturated rings. The molecule has 0 bridgehead atoms. The molecule has 0 saturated carbocycles. The number of rotatable bonds is 15. The van der Waals surface area contributed by atoms with Crippen LogP contribution in [0.1, 0.15) is 61.5 Å². The van der Waals surface area contributed by atoms with E-state index in [2.05, 4.69) is 17.2 Å². The normalized spacial score (nSPS) is 11.8. The number of nitrogens with zero attached hydrogens (tertiary/aromatic N) is 1. The van der Waals surface area contributed by atoms with E-state index in [0.29, 0.717) is 29.5 Å². The monoisotopic (exact) mass is 468 g/mol. The fourth-order valence-electron chi connectivity index (χ4n) is 3.47. The van der Waals surface area contributed by atoms with E-state index in [4.69, 9.17) is 14.9 Å². The topological polar surface area (TPSA) is 126 Å². The molecule has 8 nitrogen and oxygen atoms in total. The first-order chi connectivity index (χ1) is 16.4. The lowest BCUT2D eigenvalue weighted by Crippen LogP contribution is -2.16. The summed E-state index contributed by atoms with van der Waals surface area (Å²) in [4.78, 5) is 38.4. The van der Waals surface area contributed by atoms with Crippen molar-refractivity contribution in [2.75, 3.05) is 11.9 Å². The van der Waals surface area contributed by atoms with Crippen LogP contribution in [0.4, 0.5) is 5.69 Å². The molecule has 182 valence electrons. The van der Waals surface area contributed by atoms with E-state index in [-0.39, 0.29) is 18.5 Å². The lowest BCUT2D eigenvalue weighted by Gasteiger charge is -2.12. The van der Waals surface area contributed by atoms with Crippen LogP contribution in [-0.4, -0.2) is 39.6 Å². The molecule has 34 heavy (non-hydrogen) atoms. The highest BCUT2D eigenvalue weighted by Crippen LogP contribution is 2.20. The van der Waals surface area contributed by atoms with Crippen molar-refractivity contribution < 1.29 is 29.3 Å². The zero-order valence-electron chi connectivity index (χ0n) is 19.4. The van der Waals surface area contributed by atoms with Crippen LogP contribution in [-0.2, 0) is 16.0 Å². The molecule has 1 atom stereocenters. The van der Waals surface area contributed by atoms with Gasteiger partial charge in [-0.15, -0.1) is 0 Å². The third-order valence-electron chi connectivity index (χ3n) is 5.23. The number of aromatic nitrogens is 1. The van der Waals surface area contributed by atoms with E-state index < -0.39 is 17.8 Å². The van der Waals surface area contributed by atoms with Gasteiger partial charge in [-0.1, -0.05) is 44.1 Å². The number of hydrogen-bond acceptors (Lipinski definition) is 5. The Bertz CT molecular complexity index is 989. The van der Waals surface area contributed by atoms with E-state index in [9.17, 15) is 14.4 Å². The first kappa shape index (κ1) is 26.6. The maximum absolute atomic E-state index is 12.7. The number of carboxylic acids is 2. The molecule has 0 aliphatic rings. The number of pyridine rings is 1. The molecule has 1 heterocycles. The fourth-order valence-corrected chi connectivity index (χ4v) is 3.47. The van der Waals surface area contributed by atoms with Crippen molar-refractivity contribution in [3.8, 4) is 5.75 Å². The van der Waals surface area contributed by atoms with Crippen LogP contribution < -0.4 is 10.1 Å². The van der Waals surface area contributed by atoms with Gasteiger partial charge in [-0.2, -0.15) is 0 Å². The average molecular weight is 469 g/mol. The molecule has 0 saturated heterocycles. The van der Waals surface area contributed by atoms with Gasteiger partial charge in [0.1, 0.15) is 0 Å². The van der Waals surface area contributed by atoms with Gasteiger partial charge >= 0.3 is 11.9 Å². The summed E-state index contributed by atoms with van der Waals surface area (Å²) in [6.45, 7) is 2.54. The third-order valence-corrected chi connectivity index (χ3v) is 5.23. The van der Waals surface area contributed by atoms with Gasteiger partial charge in [0.2, 0.25) is 0 Å². The number of ether oxygens (including phenoxy) is 1. The van der Waals surface area contributed by atoms with E-state index in [1.54, 1.807) is 42.5 Å². The predicted molar refractivity (Wildman–Crippen MR) is 129 cm³/mol. The van der Waals surface area contributed by atoms with Crippen LogP contribution >= 0.6 is 0 Å². The molecule has 1 aromatic carbocycles. The summed E-state index contributed by atoms with van der Waals surface area (Å²) < 4.78 is 5.82. The molecular formula is C26H32N2O6. The first-order valence-electron chi connectivity index (χ1n) is 11.5. The van der Waals surface area contributed by atoms with E-state index in [1.165, 1.54) is 6.20 Å². The van der Waals surface area contributed by atoms with Gasteiger partial charge in [-0.3, -0.25) is 14.4 Å². The second-order valence-electron chi connectivity index (χ2n) is 7.97. The van der Waals surface area contributed by atoms with E-state index in [1.807, 2.05) is 6.08 Å². The molecule has 0 spiro atoms. The van der Waals surface area contributed by atoms with Crippen LogP contribution in [0.2, 0.25) is 0 Å². The van der Waals surface area contributed by atoms with Crippen LogP contribution in [0, 0.1) is 5.92 Å². The number of carbonyl (C=O) groups is 3. The molecule has 1 amide bonds. The number of carbonyl (C=O) groups excluding carboxylic acids is 1. The standard InChI is InChI=1S/C26H32N2O6/c1-2-19(10-7-14-23(29)30)9-4-3-5-16-34-22-13-8-15-27-25(22)26(33)28-21-12-6-11-20(17-21)18-24(31)32/h6-8,10-13,15,17,19H,2-5,9,14,16,18H2,1H3,(H,28,33)(H,29,30)(H,31,32). The van der Waals surface area contributed by atoms with Crippen molar-refractivity contribution in [3.05, 3.63) is 66.0 Å². The van der Waals surface area contributed by atoms with Crippen LogP contribution in [0.5, 0.6) is 5.75 Å². The van der Waals surface area contributed by atoms with Gasteiger partial charge in [0.25, 0.3) is 5.91 Å². The van der Waals surface area contributed by atoms with Gasteiger partial charge in [0.05, 0.1) is 19.4 Å². The lowest BCUT2D eigenvalue weighted by molar-refractivity contribution is -0.137. The van der Waals surface area contributed by atoms with Crippen molar-refractivity contribution in [2.24, 2.45) is 5.92 Å². The molecule has 1 aromatic heterocycles. The summed E-state index contributed by atoms with van der Waals surface area (Å²) in [5, 5.41) is 20.4. The Kier molecular flexibility index (Phi) is 11.3. The summed E-state index contributed by atoms with van der Waals surface area (Å²) in [6.07, 6.45) is 9.91. The molecule has 0 radical (unpaired) electrons. The van der Waals surface area contributed by atoms with Crippen molar-refractivity contribution in [1.82, 2.24) is 4.98 Å². The predicted octanol–water partition coefficient (Wildman–Crippen LogP) is 4.96. The number of nitrogens with one attached hydrogen (secondary N) is 1. The fraction of sp³-hybridized carbons (Fsp3) is 0.385. The van der Waals surface area contributed by atoms with Gasteiger partial charge in [0, 0.05) is 11.9 Å². The number of allylic oxidation sites excluding steroid dienone is 1. The summed E-state index contributed by atoms with van der Waals surface area (Å²) >= 11 is 0. The van der Waals surface area contributed by atoms with Crippen molar-refractivity contribution in [3.63, 3.8) is 0 Å². The number of aliphatic carboxylic acids is 2. The SMILES string of the molecule is CCC(C=CCC(=O)O)CCCCCOc1cccnc1C(=O)Nc1cccc(CC(=O)O)c1. The van der Waals surface area contributed by atoms with Gasteiger partial charge in [0.15, 0.2) is 11.4 Å². The number of unbranched alkanes of at least 4 members (excludes halogenated alkanes) is 2. The number of carboxylic acid groups (broad SMARTS) is 2. The number of amides is 1. The Labute approximate surface area is 199 Å². The molecule has 2 aromatic rings. The number of hydrogen-bond donors (Lipinski definition) is 3. The summed E-state index contributed by atoms with van der Waals surface area (Å²) in [7, 11) is 0. The van der Waals surface area contributed by atoms with E-state index in [0.717, 1.165) is 32.1 Å². The molecule has 0 aliphatic heterocycles. The Balaban J connectivity index is 1.82. The molecule has 0 aliphatic carbocycles. The van der Waals surface area contributed by atoms with Crippen molar-refractivity contribution in [1.29, 1.82) is 0 Å². The third kappa shape index (κ3) is 9.85. The van der Waals surface area contributed by atoms with Crippen LogP contribution in [0.25, 0.3) is 0 Å².